The van der Waals surface area contributed by atoms with Crippen molar-refractivity contribution in [2.75, 3.05) is 0 Å². The molecule has 0 spiro atoms. The summed E-state index contributed by atoms with van der Waals surface area (Å²) in [5, 5.41) is 10.2. The predicted molar refractivity (Wildman–Crippen MR) is 58.8 cm³/mol. The molecule has 1 unspecified atom stereocenters. The van der Waals surface area contributed by atoms with E-state index in [9.17, 15) is 5.11 Å². The van der Waals surface area contributed by atoms with E-state index in [0.717, 1.165) is 11.1 Å². The number of hydrogen-bond donors (Lipinski definition) is 1. The van der Waals surface area contributed by atoms with Crippen LogP contribution in [0.1, 0.15) is 31.9 Å². The molecule has 0 amide bonds. The first-order valence-corrected chi connectivity index (χ1v) is 4.78. The van der Waals surface area contributed by atoms with Gasteiger partial charge in [0.2, 0.25) is 0 Å². The number of terminal acetylenes is 1. The minimum atomic E-state index is -0.785. The van der Waals surface area contributed by atoms with Gasteiger partial charge in [-0.1, -0.05) is 31.9 Å². The van der Waals surface area contributed by atoms with E-state index in [1.807, 2.05) is 45.0 Å². The van der Waals surface area contributed by atoms with E-state index >= 15 is 0 Å². The van der Waals surface area contributed by atoms with Crippen molar-refractivity contribution in [3.05, 3.63) is 35.4 Å². The highest BCUT2D eigenvalue weighted by Crippen LogP contribution is 2.28. The highest BCUT2D eigenvalue weighted by Gasteiger charge is 2.26. The molecule has 0 fully saturated rings. The van der Waals surface area contributed by atoms with Gasteiger partial charge < -0.3 is 5.11 Å². The molecule has 0 heterocycles. The lowest BCUT2D eigenvalue weighted by atomic mass is 9.85. The smallest absolute Gasteiger partial charge is 0.0891 e. The fourth-order valence-electron chi connectivity index (χ4n) is 1.24. The number of benzene rings is 1. The first-order valence-electron chi connectivity index (χ1n) is 4.78. The van der Waals surface area contributed by atoms with Crippen LogP contribution in [0.2, 0.25) is 0 Å². The van der Waals surface area contributed by atoms with Crippen molar-refractivity contribution in [2.45, 2.75) is 26.4 Å². The molecule has 0 aliphatic carbocycles. The maximum atomic E-state index is 10.2. The Labute approximate surface area is 85.8 Å². The summed E-state index contributed by atoms with van der Waals surface area (Å²) >= 11 is 0. The molecule has 0 aliphatic rings. The van der Waals surface area contributed by atoms with Gasteiger partial charge in [0.1, 0.15) is 0 Å². The number of rotatable bonds is 2. The molecule has 0 saturated heterocycles. The lowest BCUT2D eigenvalue weighted by Gasteiger charge is -2.28. The van der Waals surface area contributed by atoms with Gasteiger partial charge in [-0.15, -0.1) is 6.42 Å². The second kappa shape index (κ2) is 3.86. The summed E-state index contributed by atoms with van der Waals surface area (Å²) in [5.41, 5.74) is 0.965. The van der Waals surface area contributed by atoms with Gasteiger partial charge in [0, 0.05) is 5.56 Å². The number of hydrogen-bond acceptors (Lipinski definition) is 1. The van der Waals surface area contributed by atoms with Crippen LogP contribution in [-0.4, -0.2) is 5.11 Å². The van der Waals surface area contributed by atoms with Gasteiger partial charge in [0.25, 0.3) is 0 Å². The van der Waals surface area contributed by atoms with Crippen molar-refractivity contribution in [3.63, 3.8) is 0 Å². The molecule has 1 aromatic rings. The van der Waals surface area contributed by atoms with Crippen LogP contribution in [0.3, 0.4) is 0 Å². The first kappa shape index (κ1) is 10.8. The Morgan fingerprint density at radius 3 is 2.14 bits per heavy atom. The van der Waals surface area contributed by atoms with Crippen LogP contribution in [0.4, 0.5) is 0 Å². The average Bonchev–Trinajstić information content (AvgIpc) is 2.17. The summed E-state index contributed by atoms with van der Waals surface area (Å²) in [4.78, 5) is 0. The van der Waals surface area contributed by atoms with E-state index in [0.29, 0.717) is 0 Å². The average molecular weight is 188 g/mol. The van der Waals surface area contributed by atoms with Gasteiger partial charge >= 0.3 is 0 Å². The van der Waals surface area contributed by atoms with E-state index in [1.165, 1.54) is 0 Å². The molecule has 0 aliphatic heterocycles. The Hall–Kier alpha value is -1.26. The molecule has 0 bridgehead atoms. The SMILES string of the molecule is C#Cc1ccc(C(C)(O)C(C)C)cc1. The van der Waals surface area contributed by atoms with Gasteiger partial charge in [0.05, 0.1) is 5.60 Å². The van der Waals surface area contributed by atoms with Crippen LogP contribution in [0, 0.1) is 18.3 Å². The third-order valence-electron chi connectivity index (χ3n) is 2.76. The zero-order valence-corrected chi connectivity index (χ0v) is 8.91. The summed E-state index contributed by atoms with van der Waals surface area (Å²) < 4.78 is 0. The molecule has 1 N–H and O–H groups in total. The molecule has 14 heavy (non-hydrogen) atoms. The topological polar surface area (TPSA) is 20.2 Å². The molecule has 1 aromatic carbocycles. The fourth-order valence-corrected chi connectivity index (χ4v) is 1.24. The Bertz CT molecular complexity index is 338. The minimum Gasteiger partial charge on any atom is -0.385 e. The summed E-state index contributed by atoms with van der Waals surface area (Å²) in [7, 11) is 0. The molecule has 1 rings (SSSR count). The van der Waals surface area contributed by atoms with Gasteiger partial charge in [-0.25, -0.2) is 0 Å². The molecule has 1 atom stereocenters. The second-order valence-electron chi connectivity index (χ2n) is 4.02. The maximum absolute atomic E-state index is 10.2. The Kier molecular flexibility index (Phi) is 2.98. The van der Waals surface area contributed by atoms with Crippen LogP contribution < -0.4 is 0 Å². The predicted octanol–water partition coefficient (Wildman–Crippen LogP) is 2.53. The van der Waals surface area contributed by atoms with Gasteiger partial charge in [-0.2, -0.15) is 0 Å². The minimum absolute atomic E-state index is 0.180. The largest absolute Gasteiger partial charge is 0.385 e. The standard InChI is InChI=1S/C13H16O/c1-5-11-6-8-12(9-7-11)13(4,14)10(2)3/h1,6-10,14H,2-4H3. The summed E-state index contributed by atoms with van der Waals surface area (Å²) in [6.45, 7) is 5.81. The molecule has 74 valence electrons. The fraction of sp³-hybridized carbons (Fsp3) is 0.385. The molecule has 1 nitrogen and oxygen atoms in total. The van der Waals surface area contributed by atoms with E-state index < -0.39 is 5.60 Å². The molecule has 0 aromatic heterocycles. The van der Waals surface area contributed by atoms with Crippen LogP contribution in [-0.2, 0) is 5.60 Å². The quantitative estimate of drug-likeness (QED) is 0.707. The molecular weight excluding hydrogens is 172 g/mol. The summed E-state index contributed by atoms with van der Waals surface area (Å²) in [6.07, 6.45) is 5.26. The van der Waals surface area contributed by atoms with E-state index in [1.54, 1.807) is 0 Å². The number of aliphatic hydroxyl groups is 1. The van der Waals surface area contributed by atoms with Crippen molar-refractivity contribution in [3.8, 4) is 12.3 Å². The molecular formula is C13H16O. The Balaban J connectivity index is 3.04. The lowest BCUT2D eigenvalue weighted by molar-refractivity contribution is 0.00905. The van der Waals surface area contributed by atoms with Crippen molar-refractivity contribution in [1.82, 2.24) is 0 Å². The van der Waals surface area contributed by atoms with Crippen LogP contribution in [0.25, 0.3) is 0 Å². The zero-order chi connectivity index (χ0) is 10.8. The monoisotopic (exact) mass is 188 g/mol. The van der Waals surface area contributed by atoms with E-state index in [-0.39, 0.29) is 5.92 Å². The normalized spacial score (nSPS) is 14.9. The van der Waals surface area contributed by atoms with Crippen molar-refractivity contribution < 1.29 is 5.11 Å². The third-order valence-corrected chi connectivity index (χ3v) is 2.76. The van der Waals surface area contributed by atoms with Gasteiger partial charge in [0.15, 0.2) is 0 Å². The van der Waals surface area contributed by atoms with Crippen LogP contribution in [0.5, 0.6) is 0 Å². The summed E-state index contributed by atoms with van der Waals surface area (Å²) in [5.74, 6) is 2.73. The molecule has 1 heteroatoms. The van der Waals surface area contributed by atoms with E-state index in [4.69, 9.17) is 6.42 Å². The summed E-state index contributed by atoms with van der Waals surface area (Å²) in [6, 6.07) is 7.47. The van der Waals surface area contributed by atoms with E-state index in [2.05, 4.69) is 5.92 Å². The lowest BCUT2D eigenvalue weighted by Crippen LogP contribution is -2.27. The van der Waals surface area contributed by atoms with Crippen molar-refractivity contribution in [1.29, 1.82) is 0 Å². The van der Waals surface area contributed by atoms with Crippen molar-refractivity contribution >= 4 is 0 Å². The maximum Gasteiger partial charge on any atom is 0.0891 e. The van der Waals surface area contributed by atoms with Crippen LogP contribution >= 0.6 is 0 Å². The molecule has 0 saturated carbocycles. The Morgan fingerprint density at radius 1 is 1.29 bits per heavy atom. The zero-order valence-electron chi connectivity index (χ0n) is 8.91. The highest BCUT2D eigenvalue weighted by atomic mass is 16.3. The third kappa shape index (κ3) is 1.97. The highest BCUT2D eigenvalue weighted by molar-refractivity contribution is 5.36. The van der Waals surface area contributed by atoms with Crippen LogP contribution in [0.15, 0.2) is 24.3 Å². The molecule has 0 radical (unpaired) electrons. The van der Waals surface area contributed by atoms with Gasteiger partial charge in [-0.3, -0.25) is 0 Å². The Morgan fingerprint density at radius 2 is 1.79 bits per heavy atom. The first-order chi connectivity index (χ1) is 6.48. The van der Waals surface area contributed by atoms with Crippen molar-refractivity contribution in [2.24, 2.45) is 5.92 Å². The van der Waals surface area contributed by atoms with Gasteiger partial charge in [-0.05, 0) is 30.5 Å². The second-order valence-corrected chi connectivity index (χ2v) is 4.02.